The molecule has 0 radical (unpaired) electrons. The van der Waals surface area contributed by atoms with Crippen molar-refractivity contribution >= 4 is 5.91 Å². The summed E-state index contributed by atoms with van der Waals surface area (Å²) in [6.07, 6.45) is 1.72. The number of halogens is 1. The van der Waals surface area contributed by atoms with E-state index in [9.17, 15) is 14.3 Å². The molecule has 21 heavy (non-hydrogen) atoms. The quantitative estimate of drug-likeness (QED) is 0.905. The number of benzene rings is 1. The maximum absolute atomic E-state index is 12.9. The zero-order valence-corrected chi connectivity index (χ0v) is 13.0. The fourth-order valence-corrected chi connectivity index (χ4v) is 2.37. The molecule has 0 heterocycles. The third-order valence-electron chi connectivity index (χ3n) is 3.61. The Morgan fingerprint density at radius 3 is 2.38 bits per heavy atom. The molecule has 0 aliphatic heterocycles. The molecule has 1 aliphatic rings. The molecule has 0 saturated heterocycles. The number of aliphatic hydroxyl groups is 1. The van der Waals surface area contributed by atoms with Crippen molar-refractivity contribution in [3.05, 3.63) is 35.6 Å². The van der Waals surface area contributed by atoms with Gasteiger partial charge in [0.2, 0.25) is 5.91 Å². The first-order valence-electron chi connectivity index (χ1n) is 7.49. The van der Waals surface area contributed by atoms with Crippen molar-refractivity contribution in [3.8, 4) is 0 Å². The van der Waals surface area contributed by atoms with E-state index in [0.717, 1.165) is 12.8 Å². The van der Waals surface area contributed by atoms with Crippen LogP contribution in [-0.4, -0.2) is 28.5 Å². The Hall–Kier alpha value is -1.42. The summed E-state index contributed by atoms with van der Waals surface area (Å²) in [5, 5.41) is 10.3. The zero-order chi connectivity index (χ0) is 15.6. The minimum absolute atomic E-state index is 0.0644. The molecular weight excluding hydrogens is 269 g/mol. The van der Waals surface area contributed by atoms with Gasteiger partial charge in [-0.05, 0) is 36.0 Å². The van der Waals surface area contributed by atoms with E-state index in [1.807, 2.05) is 20.8 Å². The highest BCUT2D eigenvalue weighted by Gasteiger charge is 2.35. The van der Waals surface area contributed by atoms with Gasteiger partial charge in [0.1, 0.15) is 5.82 Å². The van der Waals surface area contributed by atoms with Gasteiger partial charge in [-0.1, -0.05) is 32.9 Å². The lowest BCUT2D eigenvalue weighted by Crippen LogP contribution is -2.38. The summed E-state index contributed by atoms with van der Waals surface area (Å²) < 4.78 is 12.9. The molecule has 1 amide bonds. The first-order chi connectivity index (χ1) is 9.76. The van der Waals surface area contributed by atoms with Crippen molar-refractivity contribution in [2.45, 2.75) is 52.2 Å². The summed E-state index contributed by atoms with van der Waals surface area (Å²) in [5.74, 6) is -0.236. The van der Waals surface area contributed by atoms with Crippen LogP contribution >= 0.6 is 0 Å². The van der Waals surface area contributed by atoms with Gasteiger partial charge < -0.3 is 10.0 Å². The maximum atomic E-state index is 12.9. The Labute approximate surface area is 125 Å². The molecule has 1 fully saturated rings. The van der Waals surface area contributed by atoms with E-state index in [1.165, 1.54) is 12.1 Å². The second-order valence-electron chi connectivity index (χ2n) is 7.08. The zero-order valence-electron chi connectivity index (χ0n) is 13.0. The Morgan fingerprint density at radius 2 is 1.90 bits per heavy atom. The minimum atomic E-state index is -0.768. The van der Waals surface area contributed by atoms with Crippen LogP contribution < -0.4 is 0 Å². The van der Waals surface area contributed by atoms with Crippen LogP contribution in [0.1, 0.15) is 51.7 Å². The van der Waals surface area contributed by atoms with Crippen LogP contribution in [0, 0.1) is 11.2 Å². The van der Waals surface area contributed by atoms with Gasteiger partial charge in [-0.3, -0.25) is 4.79 Å². The lowest BCUT2D eigenvalue weighted by Gasteiger charge is -2.28. The topological polar surface area (TPSA) is 40.5 Å². The first-order valence-corrected chi connectivity index (χ1v) is 7.49. The van der Waals surface area contributed by atoms with Crippen LogP contribution in [0.3, 0.4) is 0 Å². The highest BCUT2D eigenvalue weighted by Crippen LogP contribution is 2.31. The standard InChI is InChI=1S/C17H24FNO2/c1-17(2,3)10-16(21)19(14-8-9-14)11-15(20)12-4-6-13(18)7-5-12/h4-7,14-15,20H,8-11H2,1-3H3. The van der Waals surface area contributed by atoms with Gasteiger partial charge >= 0.3 is 0 Å². The smallest absolute Gasteiger partial charge is 0.223 e. The van der Waals surface area contributed by atoms with Crippen molar-refractivity contribution in [1.82, 2.24) is 4.90 Å². The van der Waals surface area contributed by atoms with Gasteiger partial charge in [0.05, 0.1) is 12.6 Å². The summed E-state index contributed by atoms with van der Waals surface area (Å²) >= 11 is 0. The van der Waals surface area contributed by atoms with E-state index in [0.29, 0.717) is 12.0 Å². The number of carbonyl (C=O) groups excluding carboxylic acids is 1. The molecule has 116 valence electrons. The third-order valence-corrected chi connectivity index (χ3v) is 3.61. The van der Waals surface area contributed by atoms with Crippen LogP contribution in [0.25, 0.3) is 0 Å². The average molecular weight is 293 g/mol. The van der Waals surface area contributed by atoms with Crippen LogP contribution in [0.4, 0.5) is 4.39 Å². The summed E-state index contributed by atoms with van der Waals surface area (Å²) in [5.41, 5.74) is 0.580. The Balaban J connectivity index is 2.02. The van der Waals surface area contributed by atoms with Gasteiger partial charge in [0.25, 0.3) is 0 Å². The van der Waals surface area contributed by atoms with E-state index in [2.05, 4.69) is 0 Å². The molecular formula is C17H24FNO2. The molecule has 0 spiro atoms. The van der Waals surface area contributed by atoms with Gasteiger partial charge in [0, 0.05) is 12.5 Å². The monoisotopic (exact) mass is 293 g/mol. The van der Waals surface area contributed by atoms with Crippen LogP contribution in [0.15, 0.2) is 24.3 Å². The predicted octanol–water partition coefficient (Wildman–Crippen LogP) is 3.29. The average Bonchev–Trinajstić information content (AvgIpc) is 3.18. The molecule has 1 aromatic rings. The van der Waals surface area contributed by atoms with E-state index < -0.39 is 6.10 Å². The normalized spacial score (nSPS) is 16.6. The number of amides is 1. The molecule has 1 unspecified atom stereocenters. The summed E-state index contributed by atoms with van der Waals surface area (Å²) in [6.45, 7) is 6.39. The lowest BCUT2D eigenvalue weighted by molar-refractivity contribution is -0.135. The second-order valence-corrected chi connectivity index (χ2v) is 7.08. The molecule has 1 aliphatic carbocycles. The predicted molar refractivity (Wildman–Crippen MR) is 80.2 cm³/mol. The van der Waals surface area contributed by atoms with Crippen LogP contribution in [0.2, 0.25) is 0 Å². The SMILES string of the molecule is CC(C)(C)CC(=O)N(CC(O)c1ccc(F)cc1)C1CC1. The molecule has 2 rings (SSSR count). The molecule has 3 nitrogen and oxygen atoms in total. The van der Waals surface area contributed by atoms with Gasteiger partial charge in [0.15, 0.2) is 0 Å². The van der Waals surface area contributed by atoms with Crippen LogP contribution in [0.5, 0.6) is 0 Å². The number of hydrogen-bond acceptors (Lipinski definition) is 2. The number of nitrogens with zero attached hydrogens (tertiary/aromatic N) is 1. The van der Waals surface area contributed by atoms with Crippen molar-refractivity contribution in [1.29, 1.82) is 0 Å². The Kier molecular flexibility index (Phi) is 4.67. The molecule has 0 aromatic heterocycles. The summed E-state index contributed by atoms with van der Waals surface area (Å²) in [6, 6.07) is 6.06. The van der Waals surface area contributed by atoms with E-state index in [-0.39, 0.29) is 29.7 Å². The highest BCUT2D eigenvalue weighted by molar-refractivity contribution is 5.77. The van der Waals surface area contributed by atoms with E-state index in [4.69, 9.17) is 0 Å². The van der Waals surface area contributed by atoms with Crippen molar-refractivity contribution in [2.24, 2.45) is 5.41 Å². The Bertz CT molecular complexity index is 489. The largest absolute Gasteiger partial charge is 0.387 e. The second kappa shape index (κ2) is 6.14. The molecule has 1 atom stereocenters. The molecule has 1 saturated carbocycles. The molecule has 1 N–H and O–H groups in total. The number of rotatable bonds is 5. The van der Waals surface area contributed by atoms with Gasteiger partial charge in [-0.25, -0.2) is 4.39 Å². The third kappa shape index (κ3) is 4.81. The highest BCUT2D eigenvalue weighted by atomic mass is 19.1. The van der Waals surface area contributed by atoms with Gasteiger partial charge in [-0.15, -0.1) is 0 Å². The number of aliphatic hydroxyl groups excluding tert-OH is 1. The van der Waals surface area contributed by atoms with Gasteiger partial charge in [-0.2, -0.15) is 0 Å². The van der Waals surface area contributed by atoms with E-state index in [1.54, 1.807) is 17.0 Å². The van der Waals surface area contributed by atoms with Crippen LogP contribution in [-0.2, 0) is 4.79 Å². The molecule has 4 heteroatoms. The maximum Gasteiger partial charge on any atom is 0.223 e. The van der Waals surface area contributed by atoms with Crippen molar-refractivity contribution in [2.75, 3.05) is 6.54 Å². The Morgan fingerprint density at radius 1 is 1.33 bits per heavy atom. The summed E-state index contributed by atoms with van der Waals surface area (Å²) in [4.78, 5) is 14.2. The fourth-order valence-electron chi connectivity index (χ4n) is 2.37. The fraction of sp³-hybridized carbons (Fsp3) is 0.588. The first kappa shape index (κ1) is 16.0. The summed E-state index contributed by atoms with van der Waals surface area (Å²) in [7, 11) is 0. The number of hydrogen-bond donors (Lipinski definition) is 1. The molecule has 0 bridgehead atoms. The molecule has 1 aromatic carbocycles. The number of carbonyl (C=O) groups is 1. The lowest BCUT2D eigenvalue weighted by atomic mass is 9.91. The van der Waals surface area contributed by atoms with Crippen molar-refractivity contribution in [3.63, 3.8) is 0 Å². The van der Waals surface area contributed by atoms with Crippen molar-refractivity contribution < 1.29 is 14.3 Å². The minimum Gasteiger partial charge on any atom is -0.387 e. The van der Waals surface area contributed by atoms with E-state index >= 15 is 0 Å².